The molecule has 21 heavy (non-hydrogen) atoms. The fourth-order valence-electron chi connectivity index (χ4n) is 2.03. The van der Waals surface area contributed by atoms with Crippen LogP contribution in [0.3, 0.4) is 0 Å². The second-order valence-corrected chi connectivity index (χ2v) is 7.44. The van der Waals surface area contributed by atoms with E-state index in [1.165, 1.54) is 10.4 Å². The summed E-state index contributed by atoms with van der Waals surface area (Å²) in [5, 5.41) is 0.226. The molecule has 1 rings (SSSR count). The quantitative estimate of drug-likeness (QED) is 0.787. The smallest absolute Gasteiger partial charge is 0.244 e. The van der Waals surface area contributed by atoms with Crippen LogP contribution in [0.2, 0.25) is 5.02 Å². The first kappa shape index (κ1) is 18.4. The van der Waals surface area contributed by atoms with Crippen molar-refractivity contribution in [3.8, 4) is 0 Å². The lowest BCUT2D eigenvalue weighted by Gasteiger charge is -2.22. The number of benzene rings is 1. The van der Waals surface area contributed by atoms with Gasteiger partial charge in [-0.1, -0.05) is 24.6 Å². The summed E-state index contributed by atoms with van der Waals surface area (Å²) in [6, 6.07) is 4.85. The molecule has 2 N–H and O–H groups in total. The normalized spacial score (nSPS) is 12.3. The molecule has 0 heterocycles. The zero-order valence-electron chi connectivity index (χ0n) is 12.8. The Balaban J connectivity index is 2.96. The number of hydrogen-bond acceptors (Lipinski definition) is 4. The Bertz CT molecular complexity index is 561. The highest BCUT2D eigenvalue weighted by Crippen LogP contribution is 2.25. The van der Waals surface area contributed by atoms with E-state index in [-0.39, 0.29) is 9.92 Å². The molecule has 5 nitrogen and oxygen atoms in total. The molecule has 120 valence electrons. The molecule has 0 radical (unpaired) electrons. The summed E-state index contributed by atoms with van der Waals surface area (Å²) in [5.74, 6) is 0. The average molecular weight is 334 g/mol. The van der Waals surface area contributed by atoms with Crippen LogP contribution in [0.15, 0.2) is 23.1 Å². The molecular formula is C14H24ClN3O2S. The maximum Gasteiger partial charge on any atom is 0.244 e. The SMILES string of the molecule is CCN(CCCN(C)C)S(=O)(=O)c1ccc(CN)cc1Cl. The molecule has 0 saturated carbocycles. The molecule has 0 amide bonds. The van der Waals surface area contributed by atoms with Gasteiger partial charge in [0.1, 0.15) is 4.90 Å². The third-order valence-electron chi connectivity index (χ3n) is 3.22. The molecule has 0 spiro atoms. The number of halogens is 1. The predicted molar refractivity (Wildman–Crippen MR) is 86.9 cm³/mol. The first-order valence-corrected chi connectivity index (χ1v) is 8.78. The van der Waals surface area contributed by atoms with E-state index in [1.54, 1.807) is 12.1 Å². The minimum atomic E-state index is -3.56. The van der Waals surface area contributed by atoms with Crippen LogP contribution in [-0.2, 0) is 16.6 Å². The van der Waals surface area contributed by atoms with Crippen molar-refractivity contribution in [2.45, 2.75) is 24.8 Å². The van der Waals surface area contributed by atoms with Crippen molar-refractivity contribution in [1.29, 1.82) is 0 Å². The van der Waals surface area contributed by atoms with Crippen LogP contribution < -0.4 is 5.73 Å². The van der Waals surface area contributed by atoms with Gasteiger partial charge in [-0.15, -0.1) is 0 Å². The number of nitrogens with zero attached hydrogens (tertiary/aromatic N) is 2. The second-order valence-electron chi connectivity index (χ2n) is 5.12. The molecule has 0 aliphatic heterocycles. The Kier molecular flexibility index (Phi) is 7.09. The molecular weight excluding hydrogens is 310 g/mol. The number of rotatable bonds is 8. The summed E-state index contributed by atoms with van der Waals surface area (Å²) < 4.78 is 26.8. The Morgan fingerprint density at radius 1 is 1.24 bits per heavy atom. The van der Waals surface area contributed by atoms with Crippen molar-refractivity contribution in [2.75, 3.05) is 33.7 Å². The van der Waals surface area contributed by atoms with Gasteiger partial charge < -0.3 is 10.6 Å². The van der Waals surface area contributed by atoms with E-state index in [4.69, 9.17) is 17.3 Å². The number of hydrogen-bond donors (Lipinski definition) is 1. The second kappa shape index (κ2) is 8.10. The van der Waals surface area contributed by atoms with Crippen LogP contribution >= 0.6 is 11.6 Å². The summed E-state index contributed by atoms with van der Waals surface area (Å²) in [7, 11) is 0.368. The molecule has 0 bridgehead atoms. The minimum absolute atomic E-state index is 0.146. The predicted octanol–water partition coefficient (Wildman–Crippen LogP) is 1.76. The van der Waals surface area contributed by atoms with Crippen molar-refractivity contribution < 1.29 is 8.42 Å². The van der Waals surface area contributed by atoms with E-state index in [0.29, 0.717) is 19.6 Å². The van der Waals surface area contributed by atoms with Crippen LogP contribution in [0.25, 0.3) is 0 Å². The fourth-order valence-corrected chi connectivity index (χ4v) is 4.06. The molecule has 0 fully saturated rings. The highest BCUT2D eigenvalue weighted by molar-refractivity contribution is 7.89. The summed E-state index contributed by atoms with van der Waals surface area (Å²) >= 11 is 6.11. The number of sulfonamides is 1. The zero-order chi connectivity index (χ0) is 16.0. The van der Waals surface area contributed by atoms with E-state index in [2.05, 4.69) is 0 Å². The first-order chi connectivity index (χ1) is 9.82. The molecule has 7 heteroatoms. The topological polar surface area (TPSA) is 66.6 Å². The summed E-state index contributed by atoms with van der Waals surface area (Å²) in [6.07, 6.45) is 0.776. The lowest BCUT2D eigenvalue weighted by Crippen LogP contribution is -2.33. The van der Waals surface area contributed by atoms with Gasteiger partial charge in [0.25, 0.3) is 0 Å². The third-order valence-corrected chi connectivity index (χ3v) is 5.67. The Hall–Kier alpha value is -0.660. The van der Waals surface area contributed by atoms with E-state index >= 15 is 0 Å². The largest absolute Gasteiger partial charge is 0.326 e. The Morgan fingerprint density at radius 2 is 1.90 bits per heavy atom. The standard InChI is InChI=1S/C14H24ClN3O2S/c1-4-18(9-5-8-17(2)3)21(19,20)14-7-6-12(11-16)10-13(14)15/h6-7,10H,4-5,8-9,11,16H2,1-3H3. The van der Waals surface area contributed by atoms with Gasteiger partial charge in [-0.2, -0.15) is 4.31 Å². The van der Waals surface area contributed by atoms with Gasteiger partial charge in [-0.3, -0.25) is 0 Å². The van der Waals surface area contributed by atoms with Crippen molar-refractivity contribution in [3.63, 3.8) is 0 Å². The lowest BCUT2D eigenvalue weighted by molar-refractivity contribution is 0.356. The van der Waals surface area contributed by atoms with Crippen LogP contribution in [0.5, 0.6) is 0 Å². The van der Waals surface area contributed by atoms with Gasteiger partial charge in [-0.25, -0.2) is 8.42 Å². The van der Waals surface area contributed by atoms with Gasteiger partial charge in [0, 0.05) is 19.6 Å². The zero-order valence-corrected chi connectivity index (χ0v) is 14.4. The molecule has 0 unspecified atom stereocenters. The van der Waals surface area contributed by atoms with Gasteiger partial charge >= 0.3 is 0 Å². The van der Waals surface area contributed by atoms with Crippen molar-refractivity contribution in [1.82, 2.24) is 9.21 Å². The molecule has 0 saturated heterocycles. The maximum atomic E-state index is 12.7. The van der Waals surface area contributed by atoms with Gasteiger partial charge in [-0.05, 0) is 44.8 Å². The van der Waals surface area contributed by atoms with Crippen molar-refractivity contribution in [3.05, 3.63) is 28.8 Å². The van der Waals surface area contributed by atoms with Gasteiger partial charge in [0.15, 0.2) is 0 Å². The Labute approximate surface area is 132 Å². The van der Waals surface area contributed by atoms with E-state index in [9.17, 15) is 8.42 Å². The van der Waals surface area contributed by atoms with Crippen LogP contribution in [0, 0.1) is 0 Å². The Morgan fingerprint density at radius 3 is 2.38 bits per heavy atom. The molecule has 0 aliphatic carbocycles. The summed E-state index contributed by atoms with van der Waals surface area (Å²) in [6.45, 7) is 3.90. The van der Waals surface area contributed by atoms with Gasteiger partial charge in [0.2, 0.25) is 10.0 Å². The maximum absolute atomic E-state index is 12.7. The number of nitrogens with two attached hydrogens (primary N) is 1. The van der Waals surface area contributed by atoms with E-state index in [0.717, 1.165) is 18.5 Å². The monoisotopic (exact) mass is 333 g/mol. The molecule has 1 aromatic carbocycles. The summed E-state index contributed by atoms with van der Waals surface area (Å²) in [4.78, 5) is 2.18. The third kappa shape index (κ3) is 4.93. The van der Waals surface area contributed by atoms with Crippen molar-refractivity contribution >= 4 is 21.6 Å². The molecule has 0 aliphatic rings. The fraction of sp³-hybridized carbons (Fsp3) is 0.571. The van der Waals surface area contributed by atoms with E-state index in [1.807, 2.05) is 25.9 Å². The highest BCUT2D eigenvalue weighted by Gasteiger charge is 2.25. The minimum Gasteiger partial charge on any atom is -0.326 e. The average Bonchev–Trinajstić information content (AvgIpc) is 2.42. The lowest BCUT2D eigenvalue weighted by atomic mass is 10.2. The van der Waals surface area contributed by atoms with E-state index < -0.39 is 10.0 Å². The van der Waals surface area contributed by atoms with Crippen LogP contribution in [0.4, 0.5) is 0 Å². The highest BCUT2D eigenvalue weighted by atomic mass is 35.5. The summed E-state index contributed by atoms with van der Waals surface area (Å²) in [5.41, 5.74) is 6.35. The van der Waals surface area contributed by atoms with Crippen LogP contribution in [0.1, 0.15) is 18.9 Å². The van der Waals surface area contributed by atoms with Crippen LogP contribution in [-0.4, -0.2) is 51.4 Å². The van der Waals surface area contributed by atoms with Gasteiger partial charge in [0.05, 0.1) is 5.02 Å². The van der Waals surface area contributed by atoms with Crippen molar-refractivity contribution in [2.24, 2.45) is 5.73 Å². The molecule has 1 aromatic rings. The molecule has 0 aromatic heterocycles. The first-order valence-electron chi connectivity index (χ1n) is 6.96. The molecule has 0 atom stereocenters.